The van der Waals surface area contributed by atoms with Crippen molar-refractivity contribution in [3.05, 3.63) is 72.9 Å². The molecular formula is C21H24N6O. The summed E-state index contributed by atoms with van der Waals surface area (Å²) in [4.78, 5) is 15.1. The highest BCUT2D eigenvalue weighted by Gasteiger charge is 2.26. The molecule has 2 aromatic heterocycles. The lowest BCUT2D eigenvalue weighted by Gasteiger charge is -2.22. The molecule has 1 aliphatic heterocycles. The lowest BCUT2D eigenvalue weighted by molar-refractivity contribution is 0.205. The molecule has 1 unspecified atom stereocenters. The molecule has 7 heteroatoms. The lowest BCUT2D eigenvalue weighted by Crippen LogP contribution is -2.40. The molecule has 1 atom stereocenters. The summed E-state index contributed by atoms with van der Waals surface area (Å²) in [6, 6.07) is 14.0. The average Bonchev–Trinajstić information content (AvgIpc) is 3.42. The number of ether oxygens (including phenoxy) is 1. The van der Waals surface area contributed by atoms with E-state index in [0.717, 1.165) is 31.2 Å². The molecule has 1 fully saturated rings. The minimum Gasteiger partial charge on any atom is -0.472 e. The van der Waals surface area contributed by atoms with Gasteiger partial charge < -0.3 is 19.5 Å². The van der Waals surface area contributed by atoms with E-state index < -0.39 is 0 Å². The van der Waals surface area contributed by atoms with Crippen LogP contribution in [0.5, 0.6) is 5.88 Å². The first kappa shape index (κ1) is 18.0. The van der Waals surface area contributed by atoms with Gasteiger partial charge in [-0.25, -0.2) is 9.97 Å². The molecule has 3 aromatic rings. The standard InChI is InChI=1S/C21H24N6O/c1-22-21(26-12-9-18(15-26)28-20-8-4-5-10-24-20)25-14-17-6-2-3-7-19(17)27-13-11-23-16-27/h2-8,10-11,13,16,18H,9,12,14-15H2,1H3,(H,22,25). The molecule has 1 aliphatic rings. The van der Waals surface area contributed by atoms with E-state index in [4.69, 9.17) is 4.74 Å². The molecule has 0 saturated carbocycles. The third kappa shape index (κ3) is 4.14. The molecule has 1 saturated heterocycles. The molecule has 1 N–H and O–H groups in total. The summed E-state index contributed by atoms with van der Waals surface area (Å²) in [6.45, 7) is 2.38. The maximum Gasteiger partial charge on any atom is 0.213 e. The number of para-hydroxylation sites is 1. The van der Waals surface area contributed by atoms with Gasteiger partial charge in [0.1, 0.15) is 6.10 Å². The van der Waals surface area contributed by atoms with Crippen LogP contribution < -0.4 is 10.1 Å². The Kier molecular flexibility index (Phi) is 5.51. The van der Waals surface area contributed by atoms with Gasteiger partial charge in [-0.2, -0.15) is 0 Å². The second kappa shape index (κ2) is 8.56. The van der Waals surface area contributed by atoms with Gasteiger partial charge >= 0.3 is 0 Å². The number of imidazole rings is 1. The number of aromatic nitrogens is 3. The van der Waals surface area contributed by atoms with Crippen LogP contribution >= 0.6 is 0 Å². The van der Waals surface area contributed by atoms with Gasteiger partial charge in [-0.15, -0.1) is 0 Å². The topological polar surface area (TPSA) is 67.6 Å². The largest absolute Gasteiger partial charge is 0.472 e. The second-order valence-electron chi connectivity index (χ2n) is 6.64. The van der Waals surface area contributed by atoms with E-state index in [-0.39, 0.29) is 6.10 Å². The highest BCUT2D eigenvalue weighted by molar-refractivity contribution is 5.80. The summed E-state index contributed by atoms with van der Waals surface area (Å²) in [7, 11) is 1.82. The fourth-order valence-corrected chi connectivity index (χ4v) is 3.42. The van der Waals surface area contributed by atoms with Gasteiger partial charge in [0.25, 0.3) is 0 Å². The van der Waals surface area contributed by atoms with Gasteiger partial charge in [-0.3, -0.25) is 4.99 Å². The van der Waals surface area contributed by atoms with Gasteiger partial charge in [0.2, 0.25) is 5.88 Å². The number of aliphatic imine (C=N–C) groups is 1. The normalized spacial score (nSPS) is 17.0. The van der Waals surface area contributed by atoms with Crippen molar-refractivity contribution < 1.29 is 4.74 Å². The van der Waals surface area contributed by atoms with Crippen LogP contribution in [0.3, 0.4) is 0 Å². The number of pyridine rings is 1. The molecule has 0 aliphatic carbocycles. The average molecular weight is 376 g/mol. The first-order valence-corrected chi connectivity index (χ1v) is 9.43. The fraction of sp³-hybridized carbons (Fsp3) is 0.286. The van der Waals surface area contributed by atoms with Crippen LogP contribution in [0.2, 0.25) is 0 Å². The fourth-order valence-electron chi connectivity index (χ4n) is 3.42. The minimum atomic E-state index is 0.117. The number of rotatable bonds is 5. The van der Waals surface area contributed by atoms with Gasteiger partial charge in [0.05, 0.1) is 18.6 Å². The van der Waals surface area contributed by atoms with Gasteiger partial charge in [-0.1, -0.05) is 24.3 Å². The van der Waals surface area contributed by atoms with Gasteiger partial charge in [-0.05, 0) is 17.7 Å². The molecule has 1 aromatic carbocycles. The summed E-state index contributed by atoms with van der Waals surface area (Å²) >= 11 is 0. The zero-order valence-corrected chi connectivity index (χ0v) is 15.9. The minimum absolute atomic E-state index is 0.117. The van der Waals surface area contributed by atoms with E-state index in [0.29, 0.717) is 12.4 Å². The molecule has 3 heterocycles. The Morgan fingerprint density at radius 1 is 1.21 bits per heavy atom. The zero-order chi connectivity index (χ0) is 19.2. The second-order valence-corrected chi connectivity index (χ2v) is 6.64. The molecule has 7 nitrogen and oxygen atoms in total. The Morgan fingerprint density at radius 3 is 2.89 bits per heavy atom. The van der Waals surface area contributed by atoms with Crippen molar-refractivity contribution in [1.82, 2.24) is 24.8 Å². The van der Waals surface area contributed by atoms with Crippen molar-refractivity contribution in [2.24, 2.45) is 4.99 Å². The van der Waals surface area contributed by atoms with Crippen molar-refractivity contribution in [3.63, 3.8) is 0 Å². The SMILES string of the molecule is CN=C(NCc1ccccc1-n1ccnc1)N1CCC(Oc2ccccn2)C1. The van der Waals surface area contributed by atoms with Crippen LogP contribution in [0.25, 0.3) is 5.69 Å². The highest BCUT2D eigenvalue weighted by atomic mass is 16.5. The molecule has 0 bridgehead atoms. The van der Waals surface area contributed by atoms with Gasteiger partial charge in [0.15, 0.2) is 5.96 Å². The van der Waals surface area contributed by atoms with Crippen molar-refractivity contribution >= 4 is 5.96 Å². The molecular weight excluding hydrogens is 352 g/mol. The quantitative estimate of drug-likeness (QED) is 0.547. The number of nitrogens with zero attached hydrogens (tertiary/aromatic N) is 5. The molecule has 0 spiro atoms. The number of likely N-dealkylation sites (tertiary alicyclic amines) is 1. The van der Waals surface area contributed by atoms with E-state index in [1.54, 1.807) is 12.4 Å². The van der Waals surface area contributed by atoms with Crippen LogP contribution in [0.1, 0.15) is 12.0 Å². The van der Waals surface area contributed by atoms with Crippen molar-refractivity contribution in [2.45, 2.75) is 19.1 Å². The van der Waals surface area contributed by atoms with Crippen molar-refractivity contribution in [1.29, 1.82) is 0 Å². The summed E-state index contributed by atoms with van der Waals surface area (Å²) in [6.07, 6.45) is 8.37. The first-order chi connectivity index (χ1) is 13.8. The van der Waals surface area contributed by atoms with Crippen molar-refractivity contribution in [2.75, 3.05) is 20.1 Å². The predicted octanol–water partition coefficient (Wildman–Crippen LogP) is 2.50. The van der Waals surface area contributed by atoms with E-state index in [1.807, 2.05) is 54.5 Å². The van der Waals surface area contributed by atoms with Crippen LogP contribution in [0.15, 0.2) is 72.4 Å². The van der Waals surface area contributed by atoms with Crippen LogP contribution in [0.4, 0.5) is 0 Å². The Morgan fingerprint density at radius 2 is 2.11 bits per heavy atom. The summed E-state index contributed by atoms with van der Waals surface area (Å²) < 4.78 is 8.01. The van der Waals surface area contributed by atoms with Crippen LogP contribution in [-0.2, 0) is 6.54 Å². The Labute approximate surface area is 164 Å². The monoisotopic (exact) mass is 376 g/mol. The summed E-state index contributed by atoms with van der Waals surface area (Å²) in [5.74, 6) is 1.55. The summed E-state index contributed by atoms with van der Waals surface area (Å²) in [5, 5.41) is 3.49. The van der Waals surface area contributed by atoms with Crippen LogP contribution in [0, 0.1) is 0 Å². The smallest absolute Gasteiger partial charge is 0.213 e. The van der Waals surface area contributed by atoms with Gasteiger partial charge in [0, 0.05) is 51.2 Å². The van der Waals surface area contributed by atoms with E-state index in [9.17, 15) is 0 Å². The third-order valence-electron chi connectivity index (χ3n) is 4.79. The van der Waals surface area contributed by atoms with E-state index >= 15 is 0 Å². The number of hydrogen-bond donors (Lipinski definition) is 1. The molecule has 144 valence electrons. The predicted molar refractivity (Wildman–Crippen MR) is 109 cm³/mol. The number of hydrogen-bond acceptors (Lipinski definition) is 4. The Bertz CT molecular complexity index is 910. The first-order valence-electron chi connectivity index (χ1n) is 9.43. The Balaban J connectivity index is 1.37. The van der Waals surface area contributed by atoms with Crippen LogP contribution in [-0.4, -0.2) is 51.6 Å². The number of guanidine groups is 1. The zero-order valence-electron chi connectivity index (χ0n) is 15.9. The summed E-state index contributed by atoms with van der Waals surface area (Å²) in [5.41, 5.74) is 2.29. The van der Waals surface area contributed by atoms with E-state index in [2.05, 4.69) is 37.3 Å². The molecule has 28 heavy (non-hydrogen) atoms. The molecule has 4 rings (SSSR count). The maximum atomic E-state index is 5.99. The molecule has 0 amide bonds. The third-order valence-corrected chi connectivity index (χ3v) is 4.79. The maximum absolute atomic E-state index is 5.99. The molecule has 0 radical (unpaired) electrons. The van der Waals surface area contributed by atoms with E-state index in [1.165, 1.54) is 5.56 Å². The lowest BCUT2D eigenvalue weighted by atomic mass is 10.1. The number of nitrogens with one attached hydrogen (secondary N) is 1. The van der Waals surface area contributed by atoms with Crippen molar-refractivity contribution in [3.8, 4) is 11.6 Å². The number of benzene rings is 1. The highest BCUT2D eigenvalue weighted by Crippen LogP contribution is 2.17. The Hall–Kier alpha value is -3.35.